The first-order valence-electron chi connectivity index (χ1n) is 5.99. The third-order valence-electron chi connectivity index (χ3n) is 2.29. The topological polar surface area (TPSA) is 66.5 Å². The summed E-state index contributed by atoms with van der Waals surface area (Å²) >= 11 is 1.58. The Balaban J connectivity index is 1.92. The molecule has 96 valence electrons. The molecular formula is C12H17N5S. The highest BCUT2D eigenvalue weighted by atomic mass is 32.2. The number of hydrogen-bond acceptors (Lipinski definition) is 5. The summed E-state index contributed by atoms with van der Waals surface area (Å²) in [5, 5.41) is 11.0. The Morgan fingerprint density at radius 1 is 1.33 bits per heavy atom. The van der Waals surface area contributed by atoms with Gasteiger partial charge in [-0.2, -0.15) is 0 Å². The predicted octanol–water partition coefficient (Wildman–Crippen LogP) is 2.62. The maximum absolute atomic E-state index is 4.53. The first-order chi connectivity index (χ1) is 8.78. The molecule has 0 atom stereocenters. The molecule has 0 aliphatic carbocycles. The largest absolute Gasteiger partial charge is 0.370 e. The molecule has 2 N–H and O–H groups in total. The van der Waals surface area contributed by atoms with Crippen LogP contribution in [0.3, 0.4) is 0 Å². The molecule has 0 unspecified atom stereocenters. The lowest BCUT2D eigenvalue weighted by atomic mass is 10.3. The Hall–Kier alpha value is -1.56. The van der Waals surface area contributed by atoms with Crippen molar-refractivity contribution in [1.82, 2.24) is 20.2 Å². The lowest BCUT2D eigenvalue weighted by Gasteiger charge is -2.05. The fourth-order valence-electron chi connectivity index (χ4n) is 1.44. The third-order valence-corrected chi connectivity index (χ3v) is 3.17. The molecule has 0 aliphatic rings. The van der Waals surface area contributed by atoms with E-state index in [2.05, 4.69) is 32.4 Å². The number of nitrogens with one attached hydrogen (secondary N) is 2. The van der Waals surface area contributed by atoms with E-state index in [-0.39, 0.29) is 0 Å². The molecule has 0 bridgehead atoms. The normalized spacial score (nSPS) is 10.6. The first kappa shape index (κ1) is 12.9. The Kier molecular flexibility index (Phi) is 4.58. The molecule has 2 heterocycles. The standard InChI is InChI=1S/C12H17N5S/c1-3-7-13-11-6-4-5-10(15-11)8-18-12-14-9(2)16-17-12/h4-6H,3,7-8H2,1-2H3,(H,13,15)(H,14,16,17). The Morgan fingerprint density at radius 3 is 2.94 bits per heavy atom. The van der Waals surface area contributed by atoms with Gasteiger partial charge in [-0.25, -0.2) is 9.97 Å². The van der Waals surface area contributed by atoms with Crippen LogP contribution in [0.5, 0.6) is 0 Å². The monoisotopic (exact) mass is 263 g/mol. The summed E-state index contributed by atoms with van der Waals surface area (Å²) < 4.78 is 0. The van der Waals surface area contributed by atoms with Gasteiger partial charge >= 0.3 is 0 Å². The van der Waals surface area contributed by atoms with E-state index in [1.54, 1.807) is 11.8 Å². The fraction of sp³-hybridized carbons (Fsp3) is 0.417. The van der Waals surface area contributed by atoms with Crippen molar-refractivity contribution >= 4 is 17.6 Å². The number of anilines is 1. The van der Waals surface area contributed by atoms with Crippen molar-refractivity contribution in [2.45, 2.75) is 31.2 Å². The van der Waals surface area contributed by atoms with Crippen molar-refractivity contribution in [2.75, 3.05) is 11.9 Å². The van der Waals surface area contributed by atoms with Crippen LogP contribution in [0.1, 0.15) is 24.9 Å². The summed E-state index contributed by atoms with van der Waals surface area (Å²) in [7, 11) is 0. The van der Waals surface area contributed by atoms with Crippen LogP contribution in [0.15, 0.2) is 23.4 Å². The number of aromatic nitrogens is 4. The number of H-pyrrole nitrogens is 1. The highest BCUT2D eigenvalue weighted by Gasteiger charge is 2.03. The van der Waals surface area contributed by atoms with Crippen LogP contribution in [0.4, 0.5) is 5.82 Å². The summed E-state index contributed by atoms with van der Waals surface area (Å²) in [5.74, 6) is 2.55. The molecular weight excluding hydrogens is 246 g/mol. The predicted molar refractivity (Wildman–Crippen MR) is 73.7 cm³/mol. The van der Waals surface area contributed by atoms with E-state index in [0.29, 0.717) is 0 Å². The second-order valence-corrected chi connectivity index (χ2v) is 4.88. The van der Waals surface area contributed by atoms with Crippen molar-refractivity contribution in [3.8, 4) is 0 Å². The summed E-state index contributed by atoms with van der Waals surface area (Å²) in [4.78, 5) is 8.79. The number of hydrogen-bond donors (Lipinski definition) is 2. The smallest absolute Gasteiger partial charge is 0.208 e. The van der Waals surface area contributed by atoms with Gasteiger partial charge in [0.25, 0.3) is 0 Å². The van der Waals surface area contributed by atoms with Crippen LogP contribution in [-0.4, -0.2) is 26.7 Å². The molecule has 0 amide bonds. The molecule has 0 aromatic carbocycles. The summed E-state index contributed by atoms with van der Waals surface area (Å²) in [6, 6.07) is 6.02. The molecule has 0 fully saturated rings. The molecule has 0 spiro atoms. The summed E-state index contributed by atoms with van der Waals surface area (Å²) in [6.45, 7) is 4.98. The number of rotatable bonds is 6. The summed E-state index contributed by atoms with van der Waals surface area (Å²) in [6.07, 6.45) is 1.09. The van der Waals surface area contributed by atoms with Gasteiger partial charge in [0.2, 0.25) is 5.16 Å². The molecule has 2 aromatic rings. The minimum atomic E-state index is 0.765. The van der Waals surface area contributed by atoms with Crippen LogP contribution in [0.25, 0.3) is 0 Å². The Labute approximate surface area is 111 Å². The van der Waals surface area contributed by atoms with Gasteiger partial charge in [0.15, 0.2) is 0 Å². The number of pyridine rings is 1. The van der Waals surface area contributed by atoms with Crippen LogP contribution >= 0.6 is 11.8 Å². The van der Waals surface area contributed by atoms with Crippen LogP contribution < -0.4 is 5.32 Å². The van der Waals surface area contributed by atoms with Gasteiger partial charge in [-0.3, -0.25) is 5.10 Å². The maximum Gasteiger partial charge on any atom is 0.208 e. The number of aromatic amines is 1. The molecule has 2 aromatic heterocycles. The van der Waals surface area contributed by atoms with Crippen molar-refractivity contribution in [1.29, 1.82) is 0 Å². The van der Waals surface area contributed by atoms with Crippen molar-refractivity contribution in [3.63, 3.8) is 0 Å². The van der Waals surface area contributed by atoms with E-state index in [4.69, 9.17) is 0 Å². The molecule has 5 nitrogen and oxygen atoms in total. The average Bonchev–Trinajstić information content (AvgIpc) is 2.80. The Morgan fingerprint density at radius 2 is 2.22 bits per heavy atom. The van der Waals surface area contributed by atoms with E-state index in [1.807, 2.05) is 25.1 Å². The minimum Gasteiger partial charge on any atom is -0.370 e. The fourth-order valence-corrected chi connectivity index (χ4v) is 2.19. The zero-order chi connectivity index (χ0) is 12.8. The lowest BCUT2D eigenvalue weighted by molar-refractivity contribution is 0.960. The molecule has 18 heavy (non-hydrogen) atoms. The zero-order valence-electron chi connectivity index (χ0n) is 10.6. The van der Waals surface area contributed by atoms with Gasteiger partial charge in [-0.15, -0.1) is 5.10 Å². The SMILES string of the molecule is CCCNc1cccc(CSc2n[nH]c(C)n2)n1. The average molecular weight is 263 g/mol. The summed E-state index contributed by atoms with van der Waals surface area (Å²) in [5.41, 5.74) is 1.03. The highest BCUT2D eigenvalue weighted by molar-refractivity contribution is 7.98. The van der Waals surface area contributed by atoms with E-state index >= 15 is 0 Å². The second-order valence-electron chi connectivity index (χ2n) is 3.93. The van der Waals surface area contributed by atoms with Gasteiger partial charge in [0, 0.05) is 12.3 Å². The molecule has 2 rings (SSSR count). The van der Waals surface area contributed by atoms with Crippen molar-refractivity contribution in [2.24, 2.45) is 0 Å². The molecule has 6 heteroatoms. The van der Waals surface area contributed by atoms with E-state index in [9.17, 15) is 0 Å². The van der Waals surface area contributed by atoms with Crippen molar-refractivity contribution < 1.29 is 0 Å². The molecule has 0 radical (unpaired) electrons. The van der Waals surface area contributed by atoms with Gasteiger partial charge in [-0.1, -0.05) is 24.8 Å². The number of nitrogens with zero attached hydrogens (tertiary/aromatic N) is 3. The van der Waals surface area contributed by atoms with E-state index in [0.717, 1.165) is 41.2 Å². The minimum absolute atomic E-state index is 0.765. The number of thioether (sulfide) groups is 1. The van der Waals surface area contributed by atoms with E-state index in [1.165, 1.54) is 0 Å². The van der Waals surface area contributed by atoms with Gasteiger partial charge in [-0.05, 0) is 25.5 Å². The van der Waals surface area contributed by atoms with E-state index < -0.39 is 0 Å². The van der Waals surface area contributed by atoms with Gasteiger partial charge < -0.3 is 5.32 Å². The first-order valence-corrected chi connectivity index (χ1v) is 6.98. The van der Waals surface area contributed by atoms with Crippen LogP contribution in [-0.2, 0) is 5.75 Å². The zero-order valence-corrected chi connectivity index (χ0v) is 11.4. The van der Waals surface area contributed by atoms with Crippen LogP contribution in [0, 0.1) is 6.92 Å². The van der Waals surface area contributed by atoms with Gasteiger partial charge in [0.05, 0.1) is 5.69 Å². The quantitative estimate of drug-likeness (QED) is 0.784. The maximum atomic E-state index is 4.53. The lowest BCUT2D eigenvalue weighted by Crippen LogP contribution is -2.02. The van der Waals surface area contributed by atoms with Gasteiger partial charge in [0.1, 0.15) is 11.6 Å². The van der Waals surface area contributed by atoms with Crippen molar-refractivity contribution in [3.05, 3.63) is 29.7 Å². The highest BCUT2D eigenvalue weighted by Crippen LogP contribution is 2.18. The van der Waals surface area contributed by atoms with Crippen LogP contribution in [0.2, 0.25) is 0 Å². The molecule has 0 aliphatic heterocycles. The third kappa shape index (κ3) is 3.73. The Bertz CT molecular complexity index is 497. The molecule has 0 saturated carbocycles. The molecule has 0 saturated heterocycles. The number of aryl methyl sites for hydroxylation is 1. The second kappa shape index (κ2) is 6.39.